The first-order valence-corrected chi connectivity index (χ1v) is 10.7. The number of hydrogen-bond donors (Lipinski definition) is 0. The molecule has 0 spiro atoms. The van der Waals surface area contributed by atoms with Gasteiger partial charge in [0, 0.05) is 36.7 Å². The fraction of sp³-hybridized carbons (Fsp3) is 0.304. The molecule has 1 atom stereocenters. The minimum absolute atomic E-state index is 0.0295. The van der Waals surface area contributed by atoms with E-state index in [1.165, 1.54) is 34.3 Å². The van der Waals surface area contributed by atoms with E-state index in [1.807, 2.05) is 13.8 Å². The van der Waals surface area contributed by atoms with Crippen LogP contribution in [0, 0.1) is 31.3 Å². The van der Waals surface area contributed by atoms with Gasteiger partial charge in [0.2, 0.25) is 0 Å². The summed E-state index contributed by atoms with van der Waals surface area (Å²) in [5, 5.41) is 5.30. The van der Waals surface area contributed by atoms with E-state index in [1.54, 1.807) is 10.8 Å². The molecular weight excluding hydrogens is 449 g/mol. The Morgan fingerprint density at radius 1 is 1.03 bits per heavy atom. The highest BCUT2D eigenvalue weighted by Gasteiger charge is 2.39. The molecule has 4 heterocycles. The van der Waals surface area contributed by atoms with E-state index in [0.29, 0.717) is 23.6 Å². The summed E-state index contributed by atoms with van der Waals surface area (Å²) in [6.07, 6.45) is 4.25. The summed E-state index contributed by atoms with van der Waals surface area (Å²) in [6, 6.07) is 3.66. The molecular formula is C23H21F3N6O2. The van der Waals surface area contributed by atoms with Gasteiger partial charge in [-0.1, -0.05) is 0 Å². The van der Waals surface area contributed by atoms with E-state index in [9.17, 15) is 18.0 Å². The molecule has 2 amide bonds. The van der Waals surface area contributed by atoms with Crippen molar-refractivity contribution in [1.82, 2.24) is 24.4 Å². The molecule has 8 nitrogen and oxygen atoms in total. The number of urea groups is 1. The largest absolute Gasteiger partial charge is 0.483 e. The molecule has 11 heteroatoms. The maximum Gasteiger partial charge on any atom is 0.341 e. The minimum atomic E-state index is -0.716. The van der Waals surface area contributed by atoms with E-state index in [2.05, 4.69) is 15.1 Å². The highest BCUT2D eigenvalue weighted by molar-refractivity contribution is 5.79. The number of likely N-dealkylation sites (tertiary alicyclic amines) is 1. The van der Waals surface area contributed by atoms with Crippen molar-refractivity contribution < 1.29 is 22.7 Å². The number of aryl methyl sites for hydroxylation is 2. The third-order valence-corrected chi connectivity index (χ3v) is 5.86. The summed E-state index contributed by atoms with van der Waals surface area (Å²) < 4.78 is 49.2. The zero-order chi connectivity index (χ0) is 24.0. The molecule has 176 valence electrons. The van der Waals surface area contributed by atoms with Crippen molar-refractivity contribution in [2.45, 2.75) is 32.4 Å². The molecule has 0 N–H and O–H groups in total. The summed E-state index contributed by atoms with van der Waals surface area (Å²) in [5.74, 6) is -0.823. The summed E-state index contributed by atoms with van der Waals surface area (Å²) in [5.41, 5.74) is 1.18. The average Bonchev–Trinajstić information content (AvgIpc) is 3.37. The molecule has 2 aliphatic heterocycles. The monoisotopic (exact) mass is 470 g/mol. The van der Waals surface area contributed by atoms with Crippen molar-refractivity contribution in [1.29, 1.82) is 0 Å². The standard InChI is InChI=1S/C23H21F3N6O2/c1-13-9-27-14(2)31(13)22-8-21(19(26)10-28-22)34-18-11-30(12-18)23(33)32-20(3-4-29-32)15-5-16(24)7-17(25)6-15/h4-10,18,20H,3,11-12H2,1-2H3/t20-/m0/s1. The van der Waals surface area contributed by atoms with Gasteiger partial charge < -0.3 is 9.64 Å². The predicted molar refractivity (Wildman–Crippen MR) is 116 cm³/mol. The first kappa shape index (κ1) is 21.9. The molecule has 0 aliphatic carbocycles. The Kier molecular flexibility index (Phi) is 5.46. The third-order valence-electron chi connectivity index (χ3n) is 5.86. The Morgan fingerprint density at radius 3 is 2.44 bits per heavy atom. The highest BCUT2D eigenvalue weighted by atomic mass is 19.1. The fourth-order valence-corrected chi connectivity index (χ4v) is 4.16. The lowest BCUT2D eigenvalue weighted by Crippen LogP contribution is -2.58. The van der Waals surface area contributed by atoms with Gasteiger partial charge in [0.25, 0.3) is 0 Å². The van der Waals surface area contributed by atoms with Gasteiger partial charge in [0.1, 0.15) is 29.4 Å². The Bertz CT molecular complexity index is 1250. The van der Waals surface area contributed by atoms with Crippen molar-refractivity contribution in [3.63, 3.8) is 0 Å². The van der Waals surface area contributed by atoms with Gasteiger partial charge >= 0.3 is 6.03 Å². The fourth-order valence-electron chi connectivity index (χ4n) is 4.16. The maximum atomic E-state index is 14.4. The Balaban J connectivity index is 1.25. The molecule has 5 rings (SSSR count). The molecule has 1 aromatic carbocycles. The normalized spacial score (nSPS) is 17.9. The Hall–Kier alpha value is -3.89. The number of amides is 2. The molecule has 2 aliphatic rings. The SMILES string of the molecule is Cc1cnc(C)n1-c1cc(OC2CN(C(=O)N3N=CC[C@H]3c3cc(F)cc(F)c3)C2)c(F)cn1. The lowest BCUT2D eigenvalue weighted by molar-refractivity contribution is 0.0256. The summed E-state index contributed by atoms with van der Waals surface area (Å²) >= 11 is 0. The highest BCUT2D eigenvalue weighted by Crippen LogP contribution is 2.32. The quantitative estimate of drug-likeness (QED) is 0.579. The van der Waals surface area contributed by atoms with Crippen LogP contribution in [-0.2, 0) is 0 Å². The summed E-state index contributed by atoms with van der Waals surface area (Å²) in [6.45, 7) is 4.12. The number of halogens is 3. The van der Waals surface area contributed by atoms with Crippen LogP contribution >= 0.6 is 0 Å². The first-order chi connectivity index (χ1) is 16.3. The molecule has 0 bridgehead atoms. The van der Waals surface area contributed by atoms with Crippen LogP contribution in [0.25, 0.3) is 5.82 Å². The molecule has 3 aromatic rings. The number of ether oxygens (including phenoxy) is 1. The number of carbonyl (C=O) groups is 1. The van der Waals surface area contributed by atoms with Crippen LogP contribution in [0.2, 0.25) is 0 Å². The Labute approximate surface area is 193 Å². The van der Waals surface area contributed by atoms with Gasteiger partial charge in [-0.15, -0.1) is 0 Å². The third kappa shape index (κ3) is 3.97. The second-order valence-corrected chi connectivity index (χ2v) is 8.28. The first-order valence-electron chi connectivity index (χ1n) is 10.7. The predicted octanol–water partition coefficient (Wildman–Crippen LogP) is 3.92. The van der Waals surface area contributed by atoms with Crippen molar-refractivity contribution >= 4 is 12.2 Å². The number of hydrogen-bond acceptors (Lipinski definition) is 5. The van der Waals surface area contributed by atoms with Crippen molar-refractivity contribution in [2.24, 2.45) is 5.10 Å². The summed E-state index contributed by atoms with van der Waals surface area (Å²) in [4.78, 5) is 22.8. The van der Waals surface area contributed by atoms with E-state index in [0.717, 1.165) is 18.0 Å². The van der Waals surface area contributed by atoms with Gasteiger partial charge in [0.05, 0.1) is 25.3 Å². The number of nitrogens with zero attached hydrogens (tertiary/aromatic N) is 6. The van der Waals surface area contributed by atoms with Crippen LogP contribution in [0.15, 0.2) is 41.8 Å². The van der Waals surface area contributed by atoms with E-state index in [4.69, 9.17) is 4.74 Å². The van der Waals surface area contributed by atoms with E-state index in [-0.39, 0.29) is 18.8 Å². The zero-order valence-corrected chi connectivity index (χ0v) is 18.5. The number of aromatic nitrogens is 3. The number of carbonyl (C=O) groups excluding carboxylic acids is 1. The smallest absolute Gasteiger partial charge is 0.341 e. The number of benzene rings is 1. The van der Waals surface area contributed by atoms with Gasteiger partial charge in [-0.3, -0.25) is 4.57 Å². The molecule has 1 saturated heterocycles. The second-order valence-electron chi connectivity index (χ2n) is 8.28. The Morgan fingerprint density at radius 2 is 1.76 bits per heavy atom. The number of pyridine rings is 1. The van der Waals surface area contributed by atoms with Crippen molar-refractivity contribution in [3.8, 4) is 11.6 Å². The molecule has 34 heavy (non-hydrogen) atoms. The summed E-state index contributed by atoms with van der Waals surface area (Å²) in [7, 11) is 0. The lowest BCUT2D eigenvalue weighted by Gasteiger charge is -2.41. The van der Waals surface area contributed by atoms with Crippen LogP contribution in [0.4, 0.5) is 18.0 Å². The molecule has 0 radical (unpaired) electrons. The molecule has 0 unspecified atom stereocenters. The maximum absolute atomic E-state index is 14.4. The zero-order valence-electron chi connectivity index (χ0n) is 18.5. The average molecular weight is 470 g/mol. The van der Waals surface area contributed by atoms with Crippen LogP contribution < -0.4 is 4.74 Å². The van der Waals surface area contributed by atoms with E-state index < -0.39 is 35.6 Å². The van der Waals surface area contributed by atoms with Crippen LogP contribution in [0.3, 0.4) is 0 Å². The molecule has 2 aromatic heterocycles. The molecule has 1 fully saturated rings. The van der Waals surface area contributed by atoms with Crippen LogP contribution in [0.1, 0.15) is 29.5 Å². The van der Waals surface area contributed by atoms with Crippen LogP contribution in [-0.4, -0.2) is 55.9 Å². The number of hydrazone groups is 1. The minimum Gasteiger partial charge on any atom is -0.483 e. The van der Waals surface area contributed by atoms with Crippen LogP contribution in [0.5, 0.6) is 5.75 Å². The van der Waals surface area contributed by atoms with Crippen molar-refractivity contribution in [2.75, 3.05) is 13.1 Å². The lowest BCUT2D eigenvalue weighted by atomic mass is 10.0. The molecule has 0 saturated carbocycles. The van der Waals surface area contributed by atoms with E-state index >= 15 is 0 Å². The van der Waals surface area contributed by atoms with Gasteiger partial charge in [-0.25, -0.2) is 32.9 Å². The topological polar surface area (TPSA) is 75.8 Å². The van der Waals surface area contributed by atoms with Gasteiger partial charge in [0.15, 0.2) is 11.6 Å². The number of rotatable bonds is 4. The second kappa shape index (κ2) is 8.47. The van der Waals surface area contributed by atoms with Gasteiger partial charge in [-0.2, -0.15) is 5.10 Å². The van der Waals surface area contributed by atoms with Crippen molar-refractivity contribution in [3.05, 3.63) is 71.2 Å². The van der Waals surface area contributed by atoms with Gasteiger partial charge in [-0.05, 0) is 31.5 Å². The number of imidazole rings is 1.